The van der Waals surface area contributed by atoms with Gasteiger partial charge in [0.25, 0.3) is 5.91 Å². The van der Waals surface area contributed by atoms with Crippen LogP contribution in [0.5, 0.6) is 5.75 Å². The van der Waals surface area contributed by atoms with Crippen LogP contribution in [0, 0.1) is 6.92 Å². The molecule has 2 amide bonds. The molecule has 3 aromatic rings. The van der Waals surface area contributed by atoms with Crippen molar-refractivity contribution in [2.75, 3.05) is 26.0 Å². The van der Waals surface area contributed by atoms with E-state index >= 15 is 0 Å². The lowest BCUT2D eigenvalue weighted by atomic mass is 10.1. The zero-order valence-electron chi connectivity index (χ0n) is 16.3. The zero-order valence-corrected chi connectivity index (χ0v) is 17.1. The van der Waals surface area contributed by atoms with Gasteiger partial charge in [-0.2, -0.15) is 0 Å². The van der Waals surface area contributed by atoms with E-state index in [-0.39, 0.29) is 23.9 Å². The summed E-state index contributed by atoms with van der Waals surface area (Å²) in [6, 6.07) is 10.6. The van der Waals surface area contributed by atoms with Crippen molar-refractivity contribution >= 4 is 29.2 Å². The molecule has 8 heteroatoms. The summed E-state index contributed by atoms with van der Waals surface area (Å²) >= 11 is 6.39. The van der Waals surface area contributed by atoms with Gasteiger partial charge < -0.3 is 19.5 Å². The molecular formula is C21H21ClN4O3. The second-order valence-electron chi connectivity index (χ2n) is 6.52. The molecule has 2 aromatic heterocycles. The molecule has 1 aromatic carbocycles. The number of ether oxygens (including phenoxy) is 1. The summed E-state index contributed by atoms with van der Waals surface area (Å²) in [5.41, 5.74) is 1.94. The number of carbonyl (C=O) groups excluding carboxylic acids is 2. The Hall–Kier alpha value is -3.32. The molecule has 0 radical (unpaired) electrons. The van der Waals surface area contributed by atoms with Crippen LogP contribution in [0.3, 0.4) is 0 Å². The lowest BCUT2D eigenvalue weighted by Crippen LogP contribution is -2.35. The van der Waals surface area contributed by atoms with E-state index in [1.807, 2.05) is 42.1 Å². The number of nitrogens with zero attached hydrogens (tertiary/aromatic N) is 3. The third-order valence-corrected chi connectivity index (χ3v) is 4.60. The van der Waals surface area contributed by atoms with Crippen molar-refractivity contribution in [3.63, 3.8) is 0 Å². The number of methoxy groups -OCH3 is 1. The van der Waals surface area contributed by atoms with Crippen LogP contribution in [0.4, 0.5) is 5.82 Å². The largest absolute Gasteiger partial charge is 0.496 e. The Kier molecular flexibility index (Phi) is 6.19. The van der Waals surface area contributed by atoms with E-state index in [9.17, 15) is 9.59 Å². The Morgan fingerprint density at radius 2 is 1.97 bits per heavy atom. The molecule has 0 fully saturated rings. The number of rotatable bonds is 6. The van der Waals surface area contributed by atoms with Gasteiger partial charge in [-0.05, 0) is 42.8 Å². The number of hydrogen-bond donors (Lipinski definition) is 1. The van der Waals surface area contributed by atoms with E-state index in [4.69, 9.17) is 16.3 Å². The minimum Gasteiger partial charge on any atom is -0.496 e. The quantitative estimate of drug-likeness (QED) is 0.671. The van der Waals surface area contributed by atoms with Crippen molar-refractivity contribution in [1.29, 1.82) is 0 Å². The van der Waals surface area contributed by atoms with E-state index in [1.54, 1.807) is 31.4 Å². The van der Waals surface area contributed by atoms with Crippen molar-refractivity contribution < 1.29 is 14.3 Å². The zero-order chi connectivity index (χ0) is 21.0. The molecule has 0 aliphatic heterocycles. The number of amides is 2. The minimum absolute atomic E-state index is 0.144. The molecule has 29 heavy (non-hydrogen) atoms. The van der Waals surface area contributed by atoms with Gasteiger partial charge >= 0.3 is 0 Å². The van der Waals surface area contributed by atoms with Crippen LogP contribution in [0.1, 0.15) is 15.9 Å². The average Bonchev–Trinajstić information content (AvgIpc) is 3.21. The van der Waals surface area contributed by atoms with E-state index in [2.05, 4.69) is 10.3 Å². The van der Waals surface area contributed by atoms with Gasteiger partial charge in [-0.3, -0.25) is 9.59 Å². The van der Waals surface area contributed by atoms with Gasteiger partial charge in [-0.25, -0.2) is 4.98 Å². The topological polar surface area (TPSA) is 76.5 Å². The van der Waals surface area contributed by atoms with Crippen LogP contribution in [0.25, 0.3) is 5.69 Å². The summed E-state index contributed by atoms with van der Waals surface area (Å²) < 4.78 is 7.22. The standard InChI is InChI=1S/C21H21ClN4O3/c1-14-6-7-23-19(10-14)24-20(27)13-25(2)21(28)15-11-16(22)17(12-18(15)29-3)26-8-4-5-9-26/h4-12H,13H2,1-3H3,(H,23,24,27). The van der Waals surface area contributed by atoms with Gasteiger partial charge in [-0.1, -0.05) is 11.6 Å². The molecule has 0 aliphatic rings. The van der Waals surface area contributed by atoms with Crippen molar-refractivity contribution in [3.8, 4) is 11.4 Å². The Morgan fingerprint density at radius 3 is 2.62 bits per heavy atom. The van der Waals surface area contributed by atoms with Crippen molar-refractivity contribution in [2.24, 2.45) is 0 Å². The molecule has 0 aliphatic carbocycles. The Bertz CT molecular complexity index is 1030. The second kappa shape index (κ2) is 8.79. The summed E-state index contributed by atoms with van der Waals surface area (Å²) in [6.45, 7) is 1.76. The molecule has 0 saturated carbocycles. The molecular weight excluding hydrogens is 392 g/mol. The number of halogens is 1. The van der Waals surface area contributed by atoms with E-state index in [0.717, 1.165) is 5.56 Å². The highest BCUT2D eigenvalue weighted by Gasteiger charge is 2.21. The predicted molar refractivity (Wildman–Crippen MR) is 112 cm³/mol. The number of hydrogen-bond acceptors (Lipinski definition) is 4. The number of pyridine rings is 1. The fraction of sp³-hybridized carbons (Fsp3) is 0.190. The number of aromatic nitrogens is 2. The summed E-state index contributed by atoms with van der Waals surface area (Å²) in [7, 11) is 3.02. The van der Waals surface area contributed by atoms with Gasteiger partial charge in [0.1, 0.15) is 11.6 Å². The maximum absolute atomic E-state index is 12.9. The number of anilines is 1. The van der Waals surface area contributed by atoms with Gasteiger partial charge in [0, 0.05) is 31.7 Å². The smallest absolute Gasteiger partial charge is 0.257 e. The molecule has 0 spiro atoms. The van der Waals surface area contributed by atoms with Crippen molar-refractivity contribution in [2.45, 2.75) is 6.92 Å². The fourth-order valence-electron chi connectivity index (χ4n) is 2.85. The highest BCUT2D eigenvalue weighted by molar-refractivity contribution is 6.33. The molecule has 7 nitrogen and oxygen atoms in total. The number of likely N-dealkylation sites (N-methyl/N-ethyl adjacent to an activating group) is 1. The third-order valence-electron chi connectivity index (χ3n) is 4.29. The van der Waals surface area contributed by atoms with Crippen LogP contribution in [-0.4, -0.2) is 47.0 Å². The summed E-state index contributed by atoms with van der Waals surface area (Å²) in [6.07, 6.45) is 5.30. The number of nitrogens with one attached hydrogen (secondary N) is 1. The van der Waals surface area contributed by atoms with Gasteiger partial charge in [0.15, 0.2) is 0 Å². The molecule has 0 atom stereocenters. The number of benzene rings is 1. The molecule has 3 rings (SSSR count). The molecule has 0 bridgehead atoms. The molecule has 0 unspecified atom stereocenters. The van der Waals surface area contributed by atoms with Crippen LogP contribution >= 0.6 is 11.6 Å². The number of carbonyl (C=O) groups is 2. The third kappa shape index (κ3) is 4.75. The SMILES string of the molecule is COc1cc(-n2cccc2)c(Cl)cc1C(=O)N(C)CC(=O)Nc1cc(C)ccn1. The molecule has 150 valence electrons. The first kappa shape index (κ1) is 20.4. The normalized spacial score (nSPS) is 10.5. The summed E-state index contributed by atoms with van der Waals surface area (Å²) in [5, 5.41) is 3.08. The lowest BCUT2D eigenvalue weighted by Gasteiger charge is -2.19. The maximum atomic E-state index is 12.9. The first-order valence-corrected chi connectivity index (χ1v) is 9.25. The van der Waals surface area contributed by atoms with Crippen LogP contribution in [-0.2, 0) is 4.79 Å². The lowest BCUT2D eigenvalue weighted by molar-refractivity contribution is -0.116. The molecule has 2 heterocycles. The van der Waals surface area contributed by atoms with E-state index in [0.29, 0.717) is 22.3 Å². The van der Waals surface area contributed by atoms with Gasteiger partial charge in [0.2, 0.25) is 5.91 Å². The van der Waals surface area contributed by atoms with Crippen LogP contribution in [0.15, 0.2) is 55.0 Å². The fourth-order valence-corrected chi connectivity index (χ4v) is 3.11. The highest BCUT2D eigenvalue weighted by atomic mass is 35.5. The second-order valence-corrected chi connectivity index (χ2v) is 6.93. The minimum atomic E-state index is -0.379. The highest BCUT2D eigenvalue weighted by Crippen LogP contribution is 2.30. The van der Waals surface area contributed by atoms with Crippen molar-refractivity contribution in [1.82, 2.24) is 14.5 Å². The van der Waals surface area contributed by atoms with E-state index in [1.165, 1.54) is 12.0 Å². The first-order chi connectivity index (χ1) is 13.9. The van der Waals surface area contributed by atoms with Crippen LogP contribution in [0.2, 0.25) is 5.02 Å². The molecule has 0 saturated heterocycles. The number of aryl methyl sites for hydroxylation is 1. The maximum Gasteiger partial charge on any atom is 0.257 e. The Labute approximate surface area is 173 Å². The van der Waals surface area contributed by atoms with Gasteiger partial charge in [-0.15, -0.1) is 0 Å². The average molecular weight is 413 g/mol. The summed E-state index contributed by atoms with van der Waals surface area (Å²) in [4.78, 5) is 30.6. The monoisotopic (exact) mass is 412 g/mol. The first-order valence-electron chi connectivity index (χ1n) is 8.88. The van der Waals surface area contributed by atoms with Crippen LogP contribution < -0.4 is 10.1 Å². The summed E-state index contributed by atoms with van der Waals surface area (Å²) in [5.74, 6) is 0.0754. The Morgan fingerprint density at radius 1 is 1.24 bits per heavy atom. The predicted octanol–water partition coefficient (Wildman–Crippen LogP) is 3.55. The Balaban J connectivity index is 1.76. The molecule has 1 N–H and O–H groups in total. The van der Waals surface area contributed by atoms with E-state index < -0.39 is 0 Å². The van der Waals surface area contributed by atoms with Crippen molar-refractivity contribution in [3.05, 3.63) is 71.1 Å². The van der Waals surface area contributed by atoms with Gasteiger partial charge in [0.05, 0.1) is 29.9 Å².